The number of hydrogen-bond acceptors (Lipinski definition) is 2. The summed E-state index contributed by atoms with van der Waals surface area (Å²) in [4.78, 5) is 4.89. The molecule has 0 spiro atoms. The number of thiocarbonyl (C=S) groups is 2. The van der Waals surface area contributed by atoms with Gasteiger partial charge in [-0.05, 0) is 111 Å². The van der Waals surface area contributed by atoms with Crippen LogP contribution in [0.2, 0.25) is 0 Å². The molecule has 6 heteroatoms. The first-order valence-corrected chi connectivity index (χ1v) is 15.4. The van der Waals surface area contributed by atoms with E-state index >= 15 is 0 Å². The van der Waals surface area contributed by atoms with Gasteiger partial charge in [-0.1, -0.05) is 43.6 Å². The predicted molar refractivity (Wildman–Crippen MR) is 152 cm³/mol. The molecule has 6 rings (SSSR count). The van der Waals surface area contributed by atoms with Crippen LogP contribution in [-0.4, -0.2) is 58.3 Å². The lowest BCUT2D eigenvalue weighted by Crippen LogP contribution is -2.48. The van der Waals surface area contributed by atoms with Crippen molar-refractivity contribution >= 4 is 34.7 Å². The van der Waals surface area contributed by atoms with Crippen molar-refractivity contribution in [3.63, 3.8) is 0 Å². The number of likely N-dealkylation sites (tertiary alicyclic amines) is 2. The molecule has 6 atom stereocenters. The van der Waals surface area contributed by atoms with Crippen LogP contribution in [0.5, 0.6) is 0 Å². The highest BCUT2D eigenvalue weighted by atomic mass is 32.1. The van der Waals surface area contributed by atoms with Crippen molar-refractivity contribution in [2.75, 3.05) is 26.2 Å². The molecule has 0 unspecified atom stereocenters. The van der Waals surface area contributed by atoms with E-state index in [9.17, 15) is 0 Å². The fourth-order valence-corrected chi connectivity index (χ4v) is 8.61. The summed E-state index contributed by atoms with van der Waals surface area (Å²) in [6, 6.07) is 1.17. The van der Waals surface area contributed by atoms with Gasteiger partial charge in [-0.2, -0.15) is 0 Å². The molecule has 0 aromatic heterocycles. The molecule has 2 aliphatic heterocycles. The molecule has 35 heavy (non-hydrogen) atoms. The number of hydrogen-bond donors (Lipinski definition) is 2. The van der Waals surface area contributed by atoms with Crippen LogP contribution < -0.4 is 10.6 Å². The van der Waals surface area contributed by atoms with Gasteiger partial charge >= 0.3 is 0 Å². The lowest BCUT2D eigenvalue weighted by molar-refractivity contribution is 0.224. The van der Waals surface area contributed by atoms with Crippen LogP contribution in [0.3, 0.4) is 0 Å². The predicted octanol–water partition coefficient (Wildman–Crippen LogP) is 5.26. The summed E-state index contributed by atoms with van der Waals surface area (Å²) in [6.45, 7) is 4.59. The van der Waals surface area contributed by atoms with Crippen LogP contribution in [0.15, 0.2) is 24.3 Å². The van der Waals surface area contributed by atoms with Crippen molar-refractivity contribution in [2.24, 2.45) is 35.5 Å². The van der Waals surface area contributed by atoms with Gasteiger partial charge in [0.1, 0.15) is 0 Å². The molecular formula is C29H44N4S2. The Labute approximate surface area is 223 Å². The summed E-state index contributed by atoms with van der Waals surface area (Å²) in [5.41, 5.74) is 0. The molecular weight excluding hydrogens is 468 g/mol. The topological polar surface area (TPSA) is 30.5 Å². The Morgan fingerprint density at radius 2 is 1.06 bits per heavy atom. The molecule has 2 N–H and O–H groups in total. The van der Waals surface area contributed by atoms with Gasteiger partial charge in [0.05, 0.1) is 0 Å². The highest BCUT2D eigenvalue weighted by Gasteiger charge is 2.37. The quantitative estimate of drug-likeness (QED) is 0.373. The van der Waals surface area contributed by atoms with Gasteiger partial charge in [0.2, 0.25) is 0 Å². The van der Waals surface area contributed by atoms with Gasteiger partial charge in [-0.15, -0.1) is 0 Å². The molecule has 4 aliphatic carbocycles. The van der Waals surface area contributed by atoms with E-state index in [4.69, 9.17) is 24.4 Å². The number of rotatable bonds is 6. The normalized spacial score (nSPS) is 36.3. The molecule has 6 aliphatic rings. The number of fused-ring (bicyclic) bond motifs is 4. The van der Waals surface area contributed by atoms with Gasteiger partial charge in [-0.3, -0.25) is 0 Å². The monoisotopic (exact) mass is 512 g/mol. The van der Waals surface area contributed by atoms with Crippen molar-refractivity contribution in [3.05, 3.63) is 24.3 Å². The number of nitrogens with zero attached hydrogens (tertiary/aromatic N) is 2. The van der Waals surface area contributed by atoms with E-state index in [0.717, 1.165) is 60.1 Å². The maximum absolute atomic E-state index is 5.79. The van der Waals surface area contributed by atoms with Gasteiger partial charge in [-0.25, -0.2) is 0 Å². The number of piperidine rings is 2. The Morgan fingerprint density at radius 3 is 1.40 bits per heavy atom. The fraction of sp³-hybridized carbons (Fsp3) is 0.793. The zero-order valence-electron chi connectivity index (χ0n) is 21.2. The smallest absolute Gasteiger partial charge is 0.169 e. The zero-order chi connectivity index (χ0) is 23.8. The van der Waals surface area contributed by atoms with Crippen LogP contribution in [0.25, 0.3) is 0 Å². The molecule has 2 saturated carbocycles. The third-order valence-electron chi connectivity index (χ3n) is 10.2. The summed E-state index contributed by atoms with van der Waals surface area (Å²) in [6.07, 6.45) is 24.3. The van der Waals surface area contributed by atoms with E-state index in [2.05, 4.69) is 44.7 Å². The summed E-state index contributed by atoms with van der Waals surface area (Å²) in [5, 5.41) is 9.45. The van der Waals surface area contributed by atoms with Crippen LogP contribution in [0, 0.1) is 35.5 Å². The van der Waals surface area contributed by atoms with E-state index in [1.54, 1.807) is 0 Å². The van der Waals surface area contributed by atoms with Gasteiger partial charge < -0.3 is 20.4 Å². The molecule has 2 heterocycles. The Hall–Kier alpha value is -1.14. The second-order valence-electron chi connectivity index (χ2n) is 12.5. The molecule has 4 bridgehead atoms. The van der Waals surface area contributed by atoms with Crippen LogP contribution in [0.1, 0.15) is 70.6 Å². The largest absolute Gasteiger partial charge is 0.359 e. The molecule has 192 valence electrons. The first-order chi connectivity index (χ1) is 17.1. The van der Waals surface area contributed by atoms with E-state index in [-0.39, 0.29) is 0 Å². The van der Waals surface area contributed by atoms with Crippen molar-refractivity contribution in [3.8, 4) is 0 Å². The van der Waals surface area contributed by atoms with Crippen LogP contribution >= 0.6 is 24.4 Å². The third-order valence-corrected chi connectivity index (χ3v) is 11.0. The Bertz CT molecular complexity index is 772. The van der Waals surface area contributed by atoms with E-state index in [1.807, 2.05) is 0 Å². The molecule has 0 aromatic carbocycles. The lowest BCUT2D eigenvalue weighted by atomic mass is 9.87. The Morgan fingerprint density at radius 1 is 0.629 bits per heavy atom. The average Bonchev–Trinajstić information content (AvgIpc) is 3.68. The van der Waals surface area contributed by atoms with Crippen molar-refractivity contribution in [2.45, 2.75) is 82.7 Å². The molecule has 0 amide bonds. The molecule has 0 radical (unpaired) electrons. The standard InChI is InChI=1S/C29H44N4S2/c34-28(30-26-18-22-4-6-24(26)16-22)32-12-8-20(9-13-32)2-1-3-21-10-14-33(15-11-21)29(35)31-27-19-23-5-7-25(27)17-23/h4-7,20-27H,1-3,8-19H2,(H,30,34)(H,31,35)/t22-,23+,24-,25-,26-,27+/m1/s1. The number of nitrogens with one attached hydrogen (secondary N) is 2. The molecule has 4 nitrogen and oxygen atoms in total. The minimum absolute atomic E-state index is 0.585. The van der Waals surface area contributed by atoms with Crippen LogP contribution in [-0.2, 0) is 0 Å². The molecule has 0 aromatic rings. The minimum atomic E-state index is 0.585. The third kappa shape index (κ3) is 5.58. The van der Waals surface area contributed by atoms with Gasteiger partial charge in [0, 0.05) is 38.3 Å². The summed E-state index contributed by atoms with van der Waals surface area (Å²) in [5.74, 6) is 4.83. The SMILES string of the molecule is S=C(N[C@H]1C[C@H]2C=C[C@@H]1C2)N1CCC(CCCC2CCN(C(=S)N[C@@H]3C[C@@H]4C=C[C@@H]3C4)CC2)CC1. The first-order valence-electron chi connectivity index (χ1n) is 14.6. The van der Waals surface area contributed by atoms with E-state index < -0.39 is 0 Å². The number of allylic oxidation sites excluding steroid dienone is 2. The molecule has 2 saturated heterocycles. The van der Waals surface area contributed by atoms with Crippen LogP contribution in [0.4, 0.5) is 0 Å². The lowest BCUT2D eigenvalue weighted by Gasteiger charge is -2.37. The highest BCUT2D eigenvalue weighted by molar-refractivity contribution is 7.80. The van der Waals surface area contributed by atoms with Crippen molar-refractivity contribution in [1.29, 1.82) is 0 Å². The van der Waals surface area contributed by atoms with Crippen molar-refractivity contribution < 1.29 is 0 Å². The Balaban J connectivity index is 0.835. The van der Waals surface area contributed by atoms with Gasteiger partial charge in [0.15, 0.2) is 10.2 Å². The summed E-state index contributed by atoms with van der Waals surface area (Å²) in [7, 11) is 0. The highest BCUT2D eigenvalue weighted by Crippen LogP contribution is 2.40. The second kappa shape index (κ2) is 10.7. The maximum atomic E-state index is 5.79. The zero-order valence-corrected chi connectivity index (χ0v) is 22.9. The fourth-order valence-electron chi connectivity index (χ4n) is 7.94. The summed E-state index contributed by atoms with van der Waals surface area (Å²) >= 11 is 11.6. The Kier molecular flexibility index (Phi) is 7.39. The van der Waals surface area contributed by atoms with E-state index in [1.165, 1.54) is 70.6 Å². The minimum Gasteiger partial charge on any atom is -0.359 e. The molecule has 4 fully saturated rings. The first kappa shape index (κ1) is 24.2. The average molecular weight is 513 g/mol. The van der Waals surface area contributed by atoms with E-state index in [0.29, 0.717) is 23.9 Å². The summed E-state index contributed by atoms with van der Waals surface area (Å²) < 4.78 is 0. The van der Waals surface area contributed by atoms with Gasteiger partial charge in [0.25, 0.3) is 0 Å². The van der Waals surface area contributed by atoms with Crippen molar-refractivity contribution in [1.82, 2.24) is 20.4 Å². The second-order valence-corrected chi connectivity index (χ2v) is 13.2. The maximum Gasteiger partial charge on any atom is 0.169 e.